The van der Waals surface area contributed by atoms with Crippen LogP contribution in [0.2, 0.25) is 5.02 Å². The van der Waals surface area contributed by atoms with Crippen LogP contribution in [-0.4, -0.2) is 17.6 Å². The van der Waals surface area contributed by atoms with Gasteiger partial charge in [0.25, 0.3) is 5.91 Å². The van der Waals surface area contributed by atoms with Crippen LogP contribution in [0.4, 0.5) is 0 Å². The molecule has 0 fully saturated rings. The Bertz CT molecular complexity index is 671. The predicted molar refractivity (Wildman–Crippen MR) is 85.5 cm³/mol. The van der Waals surface area contributed by atoms with Crippen molar-refractivity contribution in [3.63, 3.8) is 0 Å². The first-order valence-corrected chi connectivity index (χ1v) is 7.66. The van der Waals surface area contributed by atoms with Crippen molar-refractivity contribution in [2.24, 2.45) is 0 Å². The van der Waals surface area contributed by atoms with E-state index in [1.807, 2.05) is 17.5 Å². The molecule has 0 radical (unpaired) electrons. The molecule has 0 saturated heterocycles. The van der Waals surface area contributed by atoms with E-state index in [2.05, 4.69) is 17.2 Å². The predicted octanol–water partition coefficient (Wildman–Crippen LogP) is 3.07. The second kappa shape index (κ2) is 7.84. The zero-order valence-corrected chi connectivity index (χ0v) is 12.8. The van der Waals surface area contributed by atoms with E-state index < -0.39 is 0 Å². The Labute approximate surface area is 132 Å². The molecule has 0 aliphatic rings. The molecular weight excluding hydrogens is 306 g/mol. The Morgan fingerprint density at radius 2 is 2.24 bits per heavy atom. The van der Waals surface area contributed by atoms with Crippen molar-refractivity contribution in [3.05, 3.63) is 56.7 Å². The van der Waals surface area contributed by atoms with Crippen molar-refractivity contribution < 1.29 is 9.90 Å². The van der Waals surface area contributed by atoms with Gasteiger partial charge in [-0.15, -0.1) is 11.3 Å². The normalized spacial score (nSPS) is 9.81. The van der Waals surface area contributed by atoms with Gasteiger partial charge in [0.05, 0.1) is 18.2 Å². The molecule has 0 aliphatic heterocycles. The molecule has 1 heterocycles. The highest BCUT2D eigenvalue weighted by Crippen LogP contribution is 2.17. The molecule has 0 saturated carbocycles. The summed E-state index contributed by atoms with van der Waals surface area (Å²) in [6.07, 6.45) is 0.402. The van der Waals surface area contributed by atoms with Gasteiger partial charge < -0.3 is 10.4 Å². The maximum Gasteiger partial charge on any atom is 0.251 e. The van der Waals surface area contributed by atoms with Gasteiger partial charge in [-0.3, -0.25) is 4.79 Å². The number of hydrogen-bond donors (Lipinski definition) is 2. The molecule has 108 valence electrons. The lowest BCUT2D eigenvalue weighted by molar-refractivity contribution is 0.0951. The summed E-state index contributed by atoms with van der Waals surface area (Å²) < 4.78 is 0. The van der Waals surface area contributed by atoms with Crippen LogP contribution in [0.15, 0.2) is 35.7 Å². The van der Waals surface area contributed by atoms with Gasteiger partial charge in [-0.2, -0.15) is 0 Å². The summed E-state index contributed by atoms with van der Waals surface area (Å²) in [4.78, 5) is 13.1. The summed E-state index contributed by atoms with van der Waals surface area (Å²) in [5.74, 6) is 5.50. The van der Waals surface area contributed by atoms with E-state index in [1.165, 1.54) is 0 Å². The summed E-state index contributed by atoms with van der Waals surface area (Å²) in [5.41, 5.74) is 1.16. The number of aliphatic hydroxyl groups excluding tert-OH is 1. The Kier molecular flexibility index (Phi) is 5.82. The Balaban J connectivity index is 2.02. The summed E-state index contributed by atoms with van der Waals surface area (Å²) in [7, 11) is 0. The van der Waals surface area contributed by atoms with Crippen molar-refractivity contribution in [1.29, 1.82) is 0 Å². The van der Waals surface area contributed by atoms with Crippen molar-refractivity contribution in [2.75, 3.05) is 6.61 Å². The van der Waals surface area contributed by atoms with Crippen LogP contribution in [0.3, 0.4) is 0 Å². The van der Waals surface area contributed by atoms with Crippen LogP contribution in [0, 0.1) is 11.8 Å². The van der Waals surface area contributed by atoms with Crippen LogP contribution < -0.4 is 5.32 Å². The number of benzene rings is 1. The molecule has 0 bridgehead atoms. The second-order valence-corrected chi connectivity index (χ2v) is 5.67. The van der Waals surface area contributed by atoms with Gasteiger partial charge >= 0.3 is 0 Å². The van der Waals surface area contributed by atoms with Crippen molar-refractivity contribution in [3.8, 4) is 11.8 Å². The quantitative estimate of drug-likeness (QED) is 0.851. The first kappa shape index (κ1) is 15.6. The molecular formula is C16H14ClNO2S. The van der Waals surface area contributed by atoms with Crippen LogP contribution in [0.5, 0.6) is 0 Å². The van der Waals surface area contributed by atoms with Gasteiger partial charge in [-0.05, 0) is 29.6 Å². The number of nitrogens with one attached hydrogen (secondary N) is 1. The third kappa shape index (κ3) is 4.61. The number of amides is 1. The number of thiophene rings is 1. The summed E-state index contributed by atoms with van der Waals surface area (Å²) in [5, 5.41) is 13.9. The maximum absolute atomic E-state index is 12.0. The number of rotatable bonds is 4. The van der Waals surface area contributed by atoms with Crippen LogP contribution in [0.25, 0.3) is 0 Å². The molecule has 3 nitrogen and oxygen atoms in total. The second-order valence-electron chi connectivity index (χ2n) is 4.23. The van der Waals surface area contributed by atoms with Crippen LogP contribution >= 0.6 is 22.9 Å². The topological polar surface area (TPSA) is 49.3 Å². The Morgan fingerprint density at radius 1 is 1.38 bits per heavy atom. The average molecular weight is 320 g/mol. The molecule has 1 amide bonds. The van der Waals surface area contributed by atoms with Gasteiger partial charge in [-0.1, -0.05) is 29.5 Å². The minimum Gasteiger partial charge on any atom is -0.395 e. The van der Waals surface area contributed by atoms with E-state index in [0.29, 0.717) is 29.1 Å². The highest BCUT2D eigenvalue weighted by Gasteiger charge is 2.08. The van der Waals surface area contributed by atoms with Gasteiger partial charge in [0.1, 0.15) is 0 Å². The van der Waals surface area contributed by atoms with E-state index >= 15 is 0 Å². The highest BCUT2D eigenvalue weighted by molar-refractivity contribution is 7.09. The zero-order valence-electron chi connectivity index (χ0n) is 11.2. The molecule has 2 N–H and O–H groups in total. The summed E-state index contributed by atoms with van der Waals surface area (Å²) >= 11 is 7.71. The summed E-state index contributed by atoms with van der Waals surface area (Å²) in [6.45, 7) is 0.528. The van der Waals surface area contributed by atoms with Crippen LogP contribution in [-0.2, 0) is 6.54 Å². The average Bonchev–Trinajstić information content (AvgIpc) is 3.00. The monoisotopic (exact) mass is 319 g/mol. The standard InChI is InChI=1S/C16H14ClNO2S/c17-15-10-13(7-6-12(15)4-1-2-8-19)16(20)18-11-14-5-3-9-21-14/h3,5-7,9-10,19H,2,8,11H2,(H,18,20). The number of carbonyl (C=O) groups excluding carboxylic acids is 1. The van der Waals surface area contributed by atoms with Crippen molar-refractivity contribution in [1.82, 2.24) is 5.32 Å². The van der Waals surface area contributed by atoms with Gasteiger partial charge in [0, 0.05) is 22.4 Å². The van der Waals surface area contributed by atoms with E-state index in [1.54, 1.807) is 29.5 Å². The highest BCUT2D eigenvalue weighted by atomic mass is 35.5. The van der Waals surface area contributed by atoms with Gasteiger partial charge in [0.15, 0.2) is 0 Å². The van der Waals surface area contributed by atoms with E-state index in [4.69, 9.17) is 16.7 Å². The van der Waals surface area contributed by atoms with Crippen molar-refractivity contribution >= 4 is 28.8 Å². The lowest BCUT2D eigenvalue weighted by Crippen LogP contribution is -2.22. The fourth-order valence-electron chi connectivity index (χ4n) is 1.65. The molecule has 0 aliphatic carbocycles. The maximum atomic E-state index is 12.0. The molecule has 0 atom stereocenters. The first-order valence-electron chi connectivity index (χ1n) is 6.40. The molecule has 21 heavy (non-hydrogen) atoms. The van der Waals surface area contributed by atoms with Crippen molar-refractivity contribution in [2.45, 2.75) is 13.0 Å². The molecule has 0 spiro atoms. The largest absolute Gasteiger partial charge is 0.395 e. The van der Waals surface area contributed by atoms with Crippen LogP contribution in [0.1, 0.15) is 27.2 Å². The van der Waals surface area contributed by atoms with E-state index in [9.17, 15) is 4.79 Å². The number of aliphatic hydroxyl groups is 1. The Morgan fingerprint density at radius 3 is 2.90 bits per heavy atom. The minimum absolute atomic E-state index is 0.0217. The molecule has 2 aromatic rings. The fraction of sp³-hybridized carbons (Fsp3) is 0.188. The zero-order chi connectivity index (χ0) is 15.1. The molecule has 1 aromatic heterocycles. The molecule has 0 unspecified atom stereocenters. The third-order valence-corrected chi connectivity index (χ3v) is 3.88. The molecule has 5 heteroatoms. The molecule has 2 rings (SSSR count). The van der Waals surface area contributed by atoms with Gasteiger partial charge in [0.2, 0.25) is 0 Å². The number of hydrogen-bond acceptors (Lipinski definition) is 3. The Hall–Kier alpha value is -1.80. The third-order valence-electron chi connectivity index (χ3n) is 2.69. The van der Waals surface area contributed by atoms with E-state index in [0.717, 1.165) is 4.88 Å². The number of carbonyl (C=O) groups is 1. The lowest BCUT2D eigenvalue weighted by Gasteiger charge is -2.05. The lowest BCUT2D eigenvalue weighted by atomic mass is 10.1. The van der Waals surface area contributed by atoms with E-state index in [-0.39, 0.29) is 12.5 Å². The fourth-order valence-corrected chi connectivity index (χ4v) is 2.53. The minimum atomic E-state index is -0.167. The smallest absolute Gasteiger partial charge is 0.251 e. The number of halogens is 1. The first-order chi connectivity index (χ1) is 10.2. The SMILES string of the molecule is O=C(NCc1cccs1)c1ccc(C#CCCO)c(Cl)c1. The molecule has 1 aromatic carbocycles. The van der Waals surface area contributed by atoms with Gasteiger partial charge in [-0.25, -0.2) is 0 Å². The summed E-state index contributed by atoms with van der Waals surface area (Å²) in [6, 6.07) is 8.93.